The Hall–Kier alpha value is -0.610. The fourth-order valence-electron chi connectivity index (χ4n) is 9.21. The molecule has 4 fully saturated rings. The van der Waals surface area contributed by atoms with Crippen LogP contribution in [0.3, 0.4) is 0 Å². The van der Waals surface area contributed by atoms with Gasteiger partial charge in [0.2, 0.25) is 0 Å². The Morgan fingerprint density at radius 3 is 2.43 bits per heavy atom. The van der Waals surface area contributed by atoms with Gasteiger partial charge >= 0.3 is 5.97 Å². The monoisotopic (exact) mass is 420 g/mol. The second kappa shape index (κ2) is 7.76. The van der Waals surface area contributed by atoms with Crippen LogP contribution in [0.25, 0.3) is 0 Å². The largest absolute Gasteiger partial charge is 0.469 e. The summed E-state index contributed by atoms with van der Waals surface area (Å²) in [6.45, 7) is 9.40. The molecule has 4 nitrogen and oxygen atoms in total. The van der Waals surface area contributed by atoms with Crippen molar-refractivity contribution in [3.8, 4) is 0 Å². The van der Waals surface area contributed by atoms with Crippen LogP contribution in [0.4, 0.5) is 0 Å². The van der Waals surface area contributed by atoms with Crippen LogP contribution in [-0.4, -0.2) is 35.0 Å². The Kier molecular flexibility index (Phi) is 5.84. The van der Waals surface area contributed by atoms with Crippen molar-refractivity contribution in [2.45, 2.75) is 104 Å². The lowest BCUT2D eigenvalue weighted by Crippen LogP contribution is -2.62. The number of hydrogen-bond donors (Lipinski definition) is 2. The summed E-state index contributed by atoms with van der Waals surface area (Å²) < 4.78 is 4.87. The summed E-state index contributed by atoms with van der Waals surface area (Å²) in [5.74, 6) is 2.99. The predicted molar refractivity (Wildman–Crippen MR) is 118 cm³/mol. The van der Waals surface area contributed by atoms with E-state index in [-0.39, 0.29) is 22.9 Å². The van der Waals surface area contributed by atoms with E-state index in [4.69, 9.17) is 4.74 Å². The average molecular weight is 421 g/mol. The number of aliphatic hydroxyl groups excluding tert-OH is 1. The Bertz CT molecular complexity index is 659. The van der Waals surface area contributed by atoms with Crippen LogP contribution >= 0.6 is 0 Å². The van der Waals surface area contributed by atoms with Crippen LogP contribution in [0, 0.1) is 46.3 Å². The molecule has 4 aliphatic rings. The number of hydrogen-bond acceptors (Lipinski definition) is 4. The first-order valence-electron chi connectivity index (χ1n) is 12.5. The van der Waals surface area contributed by atoms with Crippen molar-refractivity contribution >= 4 is 5.97 Å². The molecular weight excluding hydrogens is 376 g/mol. The fourth-order valence-corrected chi connectivity index (χ4v) is 9.21. The lowest BCUT2D eigenvalue weighted by atomic mass is 9.41. The lowest BCUT2D eigenvalue weighted by Gasteiger charge is -2.65. The van der Waals surface area contributed by atoms with Crippen LogP contribution < -0.4 is 0 Å². The molecule has 0 saturated heterocycles. The highest BCUT2D eigenvalue weighted by Crippen LogP contribution is 2.70. The molecule has 0 spiro atoms. The molecule has 5 unspecified atom stereocenters. The quantitative estimate of drug-likeness (QED) is 0.631. The number of aliphatic hydroxyl groups is 2. The number of carbonyl (C=O) groups excluding carboxylic acids is 1. The molecule has 10 atom stereocenters. The highest BCUT2D eigenvalue weighted by Gasteiger charge is 2.65. The molecule has 0 aliphatic heterocycles. The number of ether oxygens (including phenoxy) is 1. The number of methoxy groups -OCH3 is 1. The van der Waals surface area contributed by atoms with Crippen LogP contribution in [0.5, 0.6) is 0 Å². The molecule has 0 aromatic rings. The second-order valence-corrected chi connectivity index (χ2v) is 12.3. The van der Waals surface area contributed by atoms with Gasteiger partial charge < -0.3 is 14.9 Å². The van der Waals surface area contributed by atoms with E-state index in [1.54, 1.807) is 0 Å². The topological polar surface area (TPSA) is 66.8 Å². The van der Waals surface area contributed by atoms with E-state index < -0.39 is 5.60 Å². The van der Waals surface area contributed by atoms with Gasteiger partial charge in [0.15, 0.2) is 0 Å². The van der Waals surface area contributed by atoms with Crippen LogP contribution in [0.1, 0.15) is 91.9 Å². The smallest absolute Gasteiger partial charge is 0.305 e. The maximum Gasteiger partial charge on any atom is 0.305 e. The molecular formula is C26H44O4. The SMILES string of the molecule is COC(=O)CC[C@@H](C)[C@H]1CCC2C3C(CC[C@@]21C)[C@@]1(C)CC[C@@H](O)CC1CC3(C)O. The van der Waals surface area contributed by atoms with Crippen molar-refractivity contribution in [2.75, 3.05) is 7.11 Å². The summed E-state index contributed by atoms with van der Waals surface area (Å²) in [5, 5.41) is 22.1. The van der Waals surface area contributed by atoms with Gasteiger partial charge in [0.25, 0.3) is 0 Å². The molecule has 4 aliphatic carbocycles. The molecule has 0 aromatic heterocycles. The molecule has 4 heteroatoms. The third kappa shape index (κ3) is 3.45. The van der Waals surface area contributed by atoms with Gasteiger partial charge in [-0.05, 0) is 111 Å². The minimum Gasteiger partial charge on any atom is -0.469 e. The Morgan fingerprint density at radius 2 is 1.73 bits per heavy atom. The van der Waals surface area contributed by atoms with E-state index in [9.17, 15) is 15.0 Å². The predicted octanol–water partition coefficient (Wildman–Crippen LogP) is 4.96. The van der Waals surface area contributed by atoms with Crippen molar-refractivity contribution in [3.05, 3.63) is 0 Å². The van der Waals surface area contributed by atoms with Crippen molar-refractivity contribution < 1.29 is 19.7 Å². The Morgan fingerprint density at radius 1 is 1.07 bits per heavy atom. The zero-order valence-electron chi connectivity index (χ0n) is 19.8. The Labute approximate surface area is 183 Å². The van der Waals surface area contributed by atoms with Crippen LogP contribution in [0.2, 0.25) is 0 Å². The number of rotatable bonds is 4. The van der Waals surface area contributed by atoms with Gasteiger partial charge in [0, 0.05) is 6.42 Å². The minimum absolute atomic E-state index is 0.0982. The van der Waals surface area contributed by atoms with E-state index in [1.165, 1.54) is 32.8 Å². The van der Waals surface area contributed by atoms with Gasteiger partial charge in [0.05, 0.1) is 18.8 Å². The Balaban J connectivity index is 1.57. The van der Waals surface area contributed by atoms with Crippen molar-refractivity contribution in [3.63, 3.8) is 0 Å². The summed E-state index contributed by atoms with van der Waals surface area (Å²) in [4.78, 5) is 11.7. The van der Waals surface area contributed by atoms with Crippen molar-refractivity contribution in [1.82, 2.24) is 0 Å². The van der Waals surface area contributed by atoms with Gasteiger partial charge in [-0.3, -0.25) is 4.79 Å². The number of carbonyl (C=O) groups is 1. The number of fused-ring (bicyclic) bond motifs is 5. The van der Waals surface area contributed by atoms with E-state index in [0.29, 0.717) is 41.9 Å². The van der Waals surface area contributed by atoms with Gasteiger partial charge in [-0.25, -0.2) is 0 Å². The highest BCUT2D eigenvalue weighted by molar-refractivity contribution is 5.69. The summed E-state index contributed by atoms with van der Waals surface area (Å²) in [5.41, 5.74) is -0.109. The van der Waals surface area contributed by atoms with Gasteiger partial charge in [-0.2, -0.15) is 0 Å². The summed E-state index contributed by atoms with van der Waals surface area (Å²) in [7, 11) is 1.48. The molecule has 4 saturated carbocycles. The summed E-state index contributed by atoms with van der Waals surface area (Å²) in [6, 6.07) is 0. The summed E-state index contributed by atoms with van der Waals surface area (Å²) >= 11 is 0. The standard InChI is InChI=1S/C26H44O4/c1-16(6-9-22(28)30-5)19-7-8-20-23-21(11-13-25(19,20)3)24(2)12-10-18(27)14-17(24)15-26(23,4)29/h16-21,23,27,29H,6-15H2,1-5H3/t16-,17?,18-,19-,20?,21?,23?,24+,25-,26?/m1/s1. The molecule has 30 heavy (non-hydrogen) atoms. The number of esters is 1. The third-order valence-electron chi connectivity index (χ3n) is 10.8. The highest BCUT2D eigenvalue weighted by atomic mass is 16.5. The molecule has 2 N–H and O–H groups in total. The second-order valence-electron chi connectivity index (χ2n) is 12.3. The first-order valence-corrected chi connectivity index (χ1v) is 12.5. The molecule has 0 amide bonds. The van der Waals surface area contributed by atoms with Gasteiger partial charge in [-0.15, -0.1) is 0 Å². The zero-order chi connectivity index (χ0) is 21.9. The van der Waals surface area contributed by atoms with E-state index in [0.717, 1.165) is 32.1 Å². The van der Waals surface area contributed by atoms with E-state index in [2.05, 4.69) is 27.7 Å². The minimum atomic E-state index is -0.637. The maximum atomic E-state index is 11.8. The third-order valence-corrected chi connectivity index (χ3v) is 10.8. The van der Waals surface area contributed by atoms with E-state index >= 15 is 0 Å². The first kappa shape index (κ1) is 22.6. The van der Waals surface area contributed by atoms with Crippen molar-refractivity contribution in [1.29, 1.82) is 0 Å². The molecule has 4 rings (SSSR count). The van der Waals surface area contributed by atoms with Crippen molar-refractivity contribution in [2.24, 2.45) is 46.3 Å². The molecule has 0 bridgehead atoms. The van der Waals surface area contributed by atoms with Gasteiger partial charge in [0.1, 0.15) is 0 Å². The lowest BCUT2D eigenvalue weighted by molar-refractivity contribution is -0.212. The molecule has 0 heterocycles. The van der Waals surface area contributed by atoms with E-state index in [1.807, 2.05) is 0 Å². The zero-order valence-corrected chi connectivity index (χ0v) is 19.8. The molecule has 172 valence electrons. The summed E-state index contributed by atoms with van der Waals surface area (Å²) in [6.07, 6.45) is 9.86. The van der Waals surface area contributed by atoms with Crippen LogP contribution in [-0.2, 0) is 9.53 Å². The fraction of sp³-hybridized carbons (Fsp3) is 0.962. The van der Waals surface area contributed by atoms with Gasteiger partial charge in [-0.1, -0.05) is 20.8 Å². The average Bonchev–Trinajstić information content (AvgIpc) is 3.04. The van der Waals surface area contributed by atoms with Crippen LogP contribution in [0.15, 0.2) is 0 Å². The molecule has 0 aromatic carbocycles. The normalized spacial score (nSPS) is 51.4. The molecule has 0 radical (unpaired) electrons. The maximum absolute atomic E-state index is 11.8. The first-order chi connectivity index (χ1) is 14.0.